The van der Waals surface area contributed by atoms with Crippen LogP contribution < -0.4 is 21.3 Å². The Kier molecular flexibility index (Phi) is 5.89. The molecule has 0 saturated heterocycles. The monoisotopic (exact) mass is 571 g/mol. The van der Waals surface area contributed by atoms with Crippen molar-refractivity contribution in [2.45, 2.75) is 5.41 Å². The summed E-state index contributed by atoms with van der Waals surface area (Å²) in [4.78, 5) is 2.56. The molecule has 0 bridgehead atoms. The highest BCUT2D eigenvalue weighted by atomic mass is 15.2. The number of anilines is 3. The summed E-state index contributed by atoms with van der Waals surface area (Å²) in [6, 6.07) is 67.1. The van der Waals surface area contributed by atoms with Crippen molar-refractivity contribution in [3.05, 3.63) is 204 Å². The van der Waals surface area contributed by atoms with Crippen LogP contribution in [0.5, 0.6) is 0 Å². The number of hydrogen-bond acceptors (Lipinski definition) is 1. The van der Waals surface area contributed by atoms with Crippen LogP contribution in [0.15, 0.2) is 182 Å². The van der Waals surface area contributed by atoms with Crippen LogP contribution in [0.2, 0.25) is 0 Å². The van der Waals surface area contributed by atoms with Crippen LogP contribution in [-0.2, 0) is 5.41 Å². The molecule has 0 N–H and O–H groups in total. The highest BCUT2D eigenvalue weighted by Gasteiger charge is 2.49. The summed E-state index contributed by atoms with van der Waals surface area (Å²) in [5.41, 5.74) is 14.8. The van der Waals surface area contributed by atoms with Gasteiger partial charge in [-0.15, -0.1) is 0 Å². The molecule has 0 saturated carbocycles. The molecule has 45 heavy (non-hydrogen) atoms. The molecule has 0 unspecified atom stereocenters. The molecular weight excluding hydrogens is 541 g/mol. The number of fused-ring (bicyclic) bond motifs is 4. The van der Waals surface area contributed by atoms with Crippen molar-refractivity contribution in [1.29, 1.82) is 0 Å². The molecule has 0 spiro atoms. The van der Waals surface area contributed by atoms with Gasteiger partial charge in [-0.2, -0.15) is 0 Å². The first kappa shape index (κ1) is 25.9. The molecule has 2 aliphatic heterocycles. The van der Waals surface area contributed by atoms with E-state index in [1.807, 2.05) is 0 Å². The molecule has 0 aromatic heterocycles. The zero-order chi connectivity index (χ0) is 29.8. The maximum Gasteiger partial charge on any atom is 0.246 e. The third-order valence-electron chi connectivity index (χ3n) is 9.79. The van der Waals surface area contributed by atoms with Crippen LogP contribution in [0.3, 0.4) is 0 Å². The van der Waals surface area contributed by atoms with Gasteiger partial charge in [0.2, 0.25) is 6.71 Å². The molecular formula is C43H30BN. The summed E-state index contributed by atoms with van der Waals surface area (Å²) in [6.07, 6.45) is 0. The van der Waals surface area contributed by atoms with E-state index in [2.05, 4.69) is 187 Å². The summed E-state index contributed by atoms with van der Waals surface area (Å²) in [5, 5.41) is 0. The molecule has 0 amide bonds. The lowest BCUT2D eigenvalue weighted by atomic mass is 9.34. The van der Waals surface area contributed by atoms with Gasteiger partial charge < -0.3 is 4.90 Å². The predicted molar refractivity (Wildman–Crippen MR) is 190 cm³/mol. The fourth-order valence-electron chi connectivity index (χ4n) is 7.98. The van der Waals surface area contributed by atoms with E-state index in [4.69, 9.17) is 0 Å². The van der Waals surface area contributed by atoms with Gasteiger partial charge in [-0.05, 0) is 56.4 Å². The molecule has 9 rings (SSSR count). The molecule has 0 fully saturated rings. The molecule has 7 aromatic carbocycles. The lowest BCUT2D eigenvalue weighted by Crippen LogP contribution is -2.59. The molecule has 210 valence electrons. The van der Waals surface area contributed by atoms with Gasteiger partial charge in [0.15, 0.2) is 0 Å². The van der Waals surface area contributed by atoms with Gasteiger partial charge >= 0.3 is 0 Å². The highest BCUT2D eigenvalue weighted by molar-refractivity contribution is 6.98. The average Bonchev–Trinajstić information content (AvgIpc) is 3.13. The summed E-state index contributed by atoms with van der Waals surface area (Å²) < 4.78 is 0. The Bertz CT molecular complexity index is 2120. The summed E-state index contributed by atoms with van der Waals surface area (Å²) in [6.45, 7) is 0.103. The number of para-hydroxylation sites is 2. The van der Waals surface area contributed by atoms with Gasteiger partial charge in [-0.25, -0.2) is 0 Å². The third-order valence-corrected chi connectivity index (χ3v) is 9.79. The number of benzene rings is 7. The largest absolute Gasteiger partial charge is 0.311 e. The first-order valence-electron chi connectivity index (χ1n) is 15.7. The van der Waals surface area contributed by atoms with Crippen LogP contribution in [-0.4, -0.2) is 6.71 Å². The highest BCUT2D eigenvalue weighted by Crippen LogP contribution is 2.57. The van der Waals surface area contributed by atoms with E-state index in [-0.39, 0.29) is 6.71 Å². The van der Waals surface area contributed by atoms with E-state index < -0.39 is 5.41 Å². The zero-order valence-corrected chi connectivity index (χ0v) is 24.8. The molecule has 2 heteroatoms. The number of rotatable bonds is 4. The summed E-state index contributed by atoms with van der Waals surface area (Å²) >= 11 is 0. The van der Waals surface area contributed by atoms with Crippen molar-refractivity contribution in [2.24, 2.45) is 0 Å². The Morgan fingerprint density at radius 1 is 0.400 bits per heavy atom. The Morgan fingerprint density at radius 2 is 0.978 bits per heavy atom. The third kappa shape index (κ3) is 3.76. The normalized spacial score (nSPS) is 13.9. The van der Waals surface area contributed by atoms with Crippen molar-refractivity contribution >= 4 is 40.2 Å². The second-order valence-electron chi connectivity index (χ2n) is 12.1. The predicted octanol–water partition coefficient (Wildman–Crippen LogP) is 8.35. The molecule has 0 radical (unpaired) electrons. The maximum atomic E-state index is 2.56. The van der Waals surface area contributed by atoms with Gasteiger partial charge in [0.1, 0.15) is 0 Å². The minimum Gasteiger partial charge on any atom is -0.311 e. The maximum absolute atomic E-state index is 2.56. The van der Waals surface area contributed by atoms with Crippen molar-refractivity contribution in [1.82, 2.24) is 0 Å². The van der Waals surface area contributed by atoms with Crippen molar-refractivity contribution in [3.8, 4) is 11.1 Å². The topological polar surface area (TPSA) is 3.24 Å². The van der Waals surface area contributed by atoms with E-state index in [9.17, 15) is 0 Å². The SMILES string of the molecule is c1ccc(B2c3ccc(-c4ccccc4)cc3N3c4ccccc4C(c4ccccc4)(c4ccccc4)c4cccc2c43)cc1. The van der Waals surface area contributed by atoms with E-state index in [1.165, 1.54) is 66.8 Å². The van der Waals surface area contributed by atoms with E-state index in [1.54, 1.807) is 0 Å². The second kappa shape index (κ2) is 10.2. The van der Waals surface area contributed by atoms with Gasteiger partial charge in [-0.1, -0.05) is 175 Å². The van der Waals surface area contributed by atoms with Crippen molar-refractivity contribution in [2.75, 3.05) is 4.90 Å². The lowest BCUT2D eigenvalue weighted by molar-refractivity contribution is 0.732. The Hall–Kier alpha value is -5.60. The van der Waals surface area contributed by atoms with Gasteiger partial charge in [-0.3, -0.25) is 0 Å². The Balaban J connectivity index is 1.43. The number of hydrogen-bond donors (Lipinski definition) is 0. The van der Waals surface area contributed by atoms with Crippen LogP contribution >= 0.6 is 0 Å². The van der Waals surface area contributed by atoms with Crippen LogP contribution in [0, 0.1) is 0 Å². The zero-order valence-electron chi connectivity index (χ0n) is 24.8. The van der Waals surface area contributed by atoms with E-state index in [0.717, 1.165) is 0 Å². The fourth-order valence-corrected chi connectivity index (χ4v) is 7.98. The second-order valence-corrected chi connectivity index (χ2v) is 12.1. The van der Waals surface area contributed by atoms with Crippen molar-refractivity contribution in [3.63, 3.8) is 0 Å². The molecule has 1 nitrogen and oxygen atoms in total. The molecule has 0 aliphatic carbocycles. The van der Waals surface area contributed by atoms with E-state index in [0.29, 0.717) is 0 Å². The molecule has 2 aliphatic rings. The summed E-state index contributed by atoms with van der Waals surface area (Å²) in [7, 11) is 0. The van der Waals surface area contributed by atoms with Crippen LogP contribution in [0.1, 0.15) is 22.3 Å². The molecule has 7 aromatic rings. The number of nitrogens with zero attached hydrogens (tertiary/aromatic N) is 1. The van der Waals surface area contributed by atoms with Crippen LogP contribution in [0.4, 0.5) is 17.1 Å². The fraction of sp³-hybridized carbons (Fsp3) is 0.0233. The first-order chi connectivity index (χ1) is 22.4. The van der Waals surface area contributed by atoms with Crippen LogP contribution in [0.25, 0.3) is 11.1 Å². The summed E-state index contributed by atoms with van der Waals surface area (Å²) in [5.74, 6) is 0. The molecule has 2 heterocycles. The first-order valence-corrected chi connectivity index (χ1v) is 15.7. The standard InChI is InChI=1S/C43H30BN/c1-5-16-31(17-6-1)32-28-29-38-41(30-32)45-40-27-14-13-24-36(40)43(33-18-7-2-8-19-33,34-20-9-3-10-21-34)37-25-15-26-39(42(37)45)44(38)35-22-11-4-12-23-35/h1-30H. The Morgan fingerprint density at radius 3 is 1.67 bits per heavy atom. The van der Waals surface area contributed by atoms with Gasteiger partial charge in [0, 0.05) is 11.4 Å². The average molecular weight is 572 g/mol. The van der Waals surface area contributed by atoms with E-state index >= 15 is 0 Å². The Labute approximate surface area is 265 Å². The van der Waals surface area contributed by atoms with Gasteiger partial charge in [0.05, 0.1) is 11.1 Å². The minimum atomic E-state index is -0.489. The quantitative estimate of drug-likeness (QED) is 0.192. The van der Waals surface area contributed by atoms with Crippen molar-refractivity contribution < 1.29 is 0 Å². The lowest BCUT2D eigenvalue weighted by Gasteiger charge is -2.50. The minimum absolute atomic E-state index is 0.103. The van der Waals surface area contributed by atoms with Gasteiger partial charge in [0.25, 0.3) is 0 Å². The smallest absolute Gasteiger partial charge is 0.246 e. The molecule has 0 atom stereocenters.